The van der Waals surface area contributed by atoms with E-state index in [2.05, 4.69) is 5.32 Å². The van der Waals surface area contributed by atoms with Crippen LogP contribution in [0.1, 0.15) is 18.9 Å². The molecule has 0 aliphatic carbocycles. The molecule has 0 aliphatic heterocycles. The number of benzene rings is 2. The summed E-state index contributed by atoms with van der Waals surface area (Å²) in [5.74, 6) is -2.33. The first kappa shape index (κ1) is 18.9. The van der Waals surface area contributed by atoms with Gasteiger partial charge in [0.2, 0.25) is 11.8 Å². The summed E-state index contributed by atoms with van der Waals surface area (Å²) in [6.07, 6.45) is -0.0537. The van der Waals surface area contributed by atoms with E-state index in [1.54, 1.807) is 18.2 Å². The minimum absolute atomic E-state index is 0.0537. The van der Waals surface area contributed by atoms with Crippen molar-refractivity contribution >= 4 is 34.8 Å². The predicted molar refractivity (Wildman–Crippen MR) is 93.8 cm³/mol. The molecule has 2 rings (SSSR count). The summed E-state index contributed by atoms with van der Waals surface area (Å²) in [6, 6.07) is 8.04. The fraction of sp³-hybridized carbons (Fsp3) is 0.222. The van der Waals surface area contributed by atoms with Gasteiger partial charge in [0.25, 0.3) is 0 Å². The highest BCUT2D eigenvalue weighted by Crippen LogP contribution is 2.23. The average Bonchev–Trinajstić information content (AvgIpc) is 2.53. The molecule has 0 heterocycles. The molecule has 4 nitrogen and oxygen atoms in total. The number of carbonyl (C=O) groups excluding carboxylic acids is 2. The number of aryl methyl sites for hydroxylation is 1. The molecule has 0 bridgehead atoms. The smallest absolute Gasteiger partial charge is 0.226 e. The molecule has 2 aromatic rings. The Kier molecular flexibility index (Phi) is 6.09. The number of carbonyl (C=O) groups is 2. The molecule has 2 amide bonds. The van der Waals surface area contributed by atoms with E-state index in [0.29, 0.717) is 16.8 Å². The SMILES string of the molecule is CC(=O)N(CCC(=O)Nc1ccc(F)cc1F)c1ccc(C)c(Cl)c1. The lowest BCUT2D eigenvalue weighted by molar-refractivity contribution is -0.117. The zero-order valence-electron chi connectivity index (χ0n) is 13.8. The van der Waals surface area contributed by atoms with E-state index in [4.69, 9.17) is 11.6 Å². The van der Waals surface area contributed by atoms with E-state index in [-0.39, 0.29) is 24.6 Å². The number of hydrogen-bond donors (Lipinski definition) is 1. The molecule has 0 radical (unpaired) electrons. The van der Waals surface area contributed by atoms with Crippen LogP contribution in [0.2, 0.25) is 5.02 Å². The van der Waals surface area contributed by atoms with Crippen molar-refractivity contribution in [3.8, 4) is 0 Å². The minimum atomic E-state index is -0.859. The molecule has 1 N–H and O–H groups in total. The third-order valence-corrected chi connectivity index (χ3v) is 4.02. The number of nitrogens with zero attached hydrogens (tertiary/aromatic N) is 1. The largest absolute Gasteiger partial charge is 0.324 e. The van der Waals surface area contributed by atoms with Gasteiger partial charge in [-0.2, -0.15) is 0 Å². The number of amides is 2. The van der Waals surface area contributed by atoms with E-state index in [0.717, 1.165) is 17.7 Å². The van der Waals surface area contributed by atoms with E-state index < -0.39 is 17.5 Å². The topological polar surface area (TPSA) is 49.4 Å². The van der Waals surface area contributed by atoms with Gasteiger partial charge in [-0.3, -0.25) is 9.59 Å². The molecule has 132 valence electrons. The zero-order chi connectivity index (χ0) is 18.6. The monoisotopic (exact) mass is 366 g/mol. The van der Waals surface area contributed by atoms with Crippen LogP contribution in [-0.4, -0.2) is 18.4 Å². The second-order valence-corrected chi connectivity index (χ2v) is 5.93. The van der Waals surface area contributed by atoms with Gasteiger partial charge >= 0.3 is 0 Å². The Morgan fingerprint density at radius 2 is 1.88 bits per heavy atom. The lowest BCUT2D eigenvalue weighted by atomic mass is 10.2. The van der Waals surface area contributed by atoms with Gasteiger partial charge in [0, 0.05) is 36.7 Å². The van der Waals surface area contributed by atoms with Crippen LogP contribution in [0.5, 0.6) is 0 Å². The second kappa shape index (κ2) is 8.07. The van der Waals surface area contributed by atoms with Gasteiger partial charge in [-0.15, -0.1) is 0 Å². The number of rotatable bonds is 5. The summed E-state index contributed by atoms with van der Waals surface area (Å²) >= 11 is 6.07. The van der Waals surface area contributed by atoms with Crippen LogP contribution in [-0.2, 0) is 9.59 Å². The number of anilines is 2. The van der Waals surface area contributed by atoms with Crippen molar-refractivity contribution in [2.24, 2.45) is 0 Å². The first-order chi connectivity index (χ1) is 11.8. The Hall–Kier alpha value is -2.47. The number of halogens is 3. The van der Waals surface area contributed by atoms with Crippen LogP contribution in [0, 0.1) is 18.6 Å². The quantitative estimate of drug-likeness (QED) is 0.857. The van der Waals surface area contributed by atoms with E-state index in [1.165, 1.54) is 11.8 Å². The van der Waals surface area contributed by atoms with Gasteiger partial charge < -0.3 is 10.2 Å². The molecule has 7 heteroatoms. The van der Waals surface area contributed by atoms with Crippen LogP contribution >= 0.6 is 11.6 Å². The van der Waals surface area contributed by atoms with Crippen molar-refractivity contribution in [3.05, 3.63) is 58.6 Å². The molecule has 2 aromatic carbocycles. The predicted octanol–water partition coefficient (Wildman–Crippen LogP) is 4.31. The normalized spacial score (nSPS) is 10.4. The molecule has 0 fully saturated rings. The Balaban J connectivity index is 2.04. The highest BCUT2D eigenvalue weighted by Gasteiger charge is 2.15. The van der Waals surface area contributed by atoms with Crippen molar-refractivity contribution in [3.63, 3.8) is 0 Å². The lowest BCUT2D eigenvalue weighted by Gasteiger charge is -2.21. The summed E-state index contributed by atoms with van der Waals surface area (Å²) < 4.78 is 26.4. The van der Waals surface area contributed by atoms with Gasteiger partial charge in [0.1, 0.15) is 11.6 Å². The fourth-order valence-corrected chi connectivity index (χ4v) is 2.41. The second-order valence-electron chi connectivity index (χ2n) is 5.53. The van der Waals surface area contributed by atoms with Gasteiger partial charge in [-0.1, -0.05) is 17.7 Å². The Morgan fingerprint density at radius 1 is 1.16 bits per heavy atom. The van der Waals surface area contributed by atoms with Crippen molar-refractivity contribution < 1.29 is 18.4 Å². The highest BCUT2D eigenvalue weighted by atomic mass is 35.5. The van der Waals surface area contributed by atoms with Crippen LogP contribution in [0.25, 0.3) is 0 Å². The molecule has 0 aromatic heterocycles. The molecule has 0 unspecified atom stereocenters. The van der Waals surface area contributed by atoms with Gasteiger partial charge in [-0.25, -0.2) is 8.78 Å². The lowest BCUT2D eigenvalue weighted by Crippen LogP contribution is -2.32. The third kappa shape index (κ3) is 5.00. The van der Waals surface area contributed by atoms with Crippen LogP contribution in [0.3, 0.4) is 0 Å². The molecule has 0 atom stereocenters. The standard InChI is InChI=1S/C18H17ClF2N2O2/c1-11-3-5-14(10-15(11)19)23(12(2)24)8-7-18(25)22-17-6-4-13(20)9-16(17)21/h3-6,9-10H,7-8H2,1-2H3,(H,22,25). The summed E-state index contributed by atoms with van der Waals surface area (Å²) in [5.41, 5.74) is 1.33. The maximum absolute atomic E-state index is 13.6. The molecule has 25 heavy (non-hydrogen) atoms. The van der Waals surface area contributed by atoms with Crippen molar-refractivity contribution in [1.29, 1.82) is 0 Å². The minimum Gasteiger partial charge on any atom is -0.324 e. The Labute approximate surface area is 149 Å². The van der Waals surface area contributed by atoms with Gasteiger partial charge in [0.15, 0.2) is 0 Å². The van der Waals surface area contributed by atoms with E-state index >= 15 is 0 Å². The van der Waals surface area contributed by atoms with Gasteiger partial charge in [0.05, 0.1) is 5.69 Å². The summed E-state index contributed by atoms with van der Waals surface area (Å²) in [6.45, 7) is 3.32. The summed E-state index contributed by atoms with van der Waals surface area (Å²) in [5, 5.41) is 2.87. The van der Waals surface area contributed by atoms with Crippen LogP contribution in [0.15, 0.2) is 36.4 Å². The molecule has 0 aliphatic rings. The van der Waals surface area contributed by atoms with Crippen molar-refractivity contribution in [2.45, 2.75) is 20.3 Å². The number of nitrogens with one attached hydrogen (secondary N) is 1. The summed E-state index contributed by atoms with van der Waals surface area (Å²) in [4.78, 5) is 25.3. The maximum atomic E-state index is 13.6. The fourth-order valence-electron chi connectivity index (χ4n) is 2.23. The number of hydrogen-bond acceptors (Lipinski definition) is 2. The average molecular weight is 367 g/mol. The van der Waals surface area contributed by atoms with Crippen molar-refractivity contribution in [2.75, 3.05) is 16.8 Å². The first-order valence-electron chi connectivity index (χ1n) is 7.57. The van der Waals surface area contributed by atoms with Crippen LogP contribution < -0.4 is 10.2 Å². The van der Waals surface area contributed by atoms with Gasteiger partial charge in [-0.05, 0) is 36.8 Å². The Bertz CT molecular complexity index is 812. The third-order valence-electron chi connectivity index (χ3n) is 3.61. The molecule has 0 saturated heterocycles. The molecule has 0 spiro atoms. The van der Waals surface area contributed by atoms with E-state index in [1.807, 2.05) is 6.92 Å². The maximum Gasteiger partial charge on any atom is 0.226 e. The van der Waals surface area contributed by atoms with E-state index in [9.17, 15) is 18.4 Å². The van der Waals surface area contributed by atoms with Crippen molar-refractivity contribution in [1.82, 2.24) is 0 Å². The van der Waals surface area contributed by atoms with Crippen LogP contribution in [0.4, 0.5) is 20.2 Å². The highest BCUT2D eigenvalue weighted by molar-refractivity contribution is 6.31. The molecule has 0 saturated carbocycles. The summed E-state index contributed by atoms with van der Waals surface area (Å²) in [7, 11) is 0. The zero-order valence-corrected chi connectivity index (χ0v) is 14.5. The molecular formula is C18H17ClF2N2O2. The molecular weight excluding hydrogens is 350 g/mol. The first-order valence-corrected chi connectivity index (χ1v) is 7.95. The Morgan fingerprint density at radius 3 is 2.48 bits per heavy atom.